The first kappa shape index (κ1) is 14.4. The molecule has 6 nitrogen and oxygen atoms in total. The maximum atomic E-state index is 11.6. The highest BCUT2D eigenvalue weighted by atomic mass is 79.9. The van der Waals surface area contributed by atoms with Crippen LogP contribution in [0.25, 0.3) is 0 Å². The summed E-state index contributed by atoms with van der Waals surface area (Å²) < 4.78 is 23.6. The lowest BCUT2D eigenvalue weighted by Gasteiger charge is -2.06. The Morgan fingerprint density at radius 2 is 2.18 bits per heavy atom. The highest BCUT2D eigenvalue weighted by Crippen LogP contribution is 2.25. The van der Waals surface area contributed by atoms with Crippen LogP contribution in [0.3, 0.4) is 0 Å². The van der Waals surface area contributed by atoms with Crippen molar-refractivity contribution in [2.24, 2.45) is 0 Å². The van der Waals surface area contributed by atoms with Gasteiger partial charge in [-0.25, -0.2) is 13.2 Å². The van der Waals surface area contributed by atoms with E-state index in [0.717, 1.165) is 0 Å². The Hall–Kier alpha value is -0.670. The van der Waals surface area contributed by atoms with Gasteiger partial charge < -0.3 is 5.11 Å². The smallest absolute Gasteiger partial charge is 0.331 e. The van der Waals surface area contributed by atoms with Crippen LogP contribution in [0.1, 0.15) is 0 Å². The molecule has 0 atom stereocenters. The molecule has 0 aliphatic carbocycles. The molecule has 0 aliphatic rings. The third kappa shape index (κ3) is 4.25. The molecule has 0 spiro atoms. The van der Waals surface area contributed by atoms with Gasteiger partial charge in [-0.3, -0.25) is 4.84 Å². The zero-order valence-electron chi connectivity index (χ0n) is 8.18. The Morgan fingerprint density at radius 1 is 1.53 bits per heavy atom. The monoisotopic (exact) mass is 343 g/mol. The van der Waals surface area contributed by atoms with Gasteiger partial charge in [0.05, 0.1) is 9.92 Å². The molecule has 0 amide bonds. The van der Waals surface area contributed by atoms with Crippen molar-refractivity contribution in [1.29, 1.82) is 0 Å². The largest absolute Gasteiger partial charge is 0.479 e. The van der Waals surface area contributed by atoms with E-state index in [9.17, 15) is 13.2 Å². The van der Waals surface area contributed by atoms with E-state index in [1.54, 1.807) is 4.89 Å². The van der Waals surface area contributed by atoms with E-state index in [4.69, 9.17) is 16.7 Å². The molecule has 0 radical (unpaired) electrons. The minimum atomic E-state index is -3.92. The van der Waals surface area contributed by atoms with Gasteiger partial charge in [-0.15, -0.1) is 0 Å². The van der Waals surface area contributed by atoms with E-state index in [-0.39, 0.29) is 4.90 Å². The molecular weight excluding hydrogens is 338 g/mol. The highest BCUT2D eigenvalue weighted by molar-refractivity contribution is 9.10. The van der Waals surface area contributed by atoms with Crippen molar-refractivity contribution in [3.63, 3.8) is 0 Å². The summed E-state index contributed by atoms with van der Waals surface area (Å²) in [6.07, 6.45) is 0. The minimum absolute atomic E-state index is 0.0980. The predicted octanol–water partition coefficient (Wildman–Crippen LogP) is 1.40. The number of hydrogen-bond acceptors (Lipinski definition) is 4. The number of carboxylic acid groups (broad SMARTS) is 1. The molecule has 0 saturated carbocycles. The molecule has 2 N–H and O–H groups in total. The molecule has 1 rings (SSSR count). The number of benzene rings is 1. The molecule has 0 saturated heterocycles. The van der Waals surface area contributed by atoms with Gasteiger partial charge in [0.1, 0.15) is 0 Å². The number of hydrogen-bond donors (Lipinski definition) is 2. The molecule has 1 aromatic carbocycles. The molecule has 9 heteroatoms. The predicted molar refractivity (Wildman–Crippen MR) is 63.1 cm³/mol. The summed E-state index contributed by atoms with van der Waals surface area (Å²) >= 11 is 8.78. The van der Waals surface area contributed by atoms with E-state index in [1.165, 1.54) is 18.2 Å². The lowest BCUT2D eigenvalue weighted by atomic mass is 10.4. The Bertz CT molecular complexity index is 533. The SMILES string of the molecule is O=C(O)CONS(=O)(=O)c1ccc(Cl)c(Br)c1. The quantitative estimate of drug-likeness (QED) is 0.788. The molecule has 0 fully saturated rings. The van der Waals surface area contributed by atoms with Gasteiger partial charge in [-0.1, -0.05) is 16.5 Å². The lowest BCUT2D eigenvalue weighted by Crippen LogP contribution is -2.26. The van der Waals surface area contributed by atoms with Crippen molar-refractivity contribution >= 4 is 43.5 Å². The van der Waals surface area contributed by atoms with E-state index in [1.807, 2.05) is 0 Å². The molecule has 0 unspecified atom stereocenters. The Labute approximate surface area is 111 Å². The third-order valence-corrected chi connectivity index (χ3v) is 3.99. The number of carbonyl (C=O) groups is 1. The summed E-state index contributed by atoms with van der Waals surface area (Å²) in [5, 5.41) is 8.63. The van der Waals surface area contributed by atoms with Crippen LogP contribution in [0.2, 0.25) is 5.02 Å². The molecule has 17 heavy (non-hydrogen) atoms. The molecule has 0 bridgehead atoms. The normalized spacial score (nSPS) is 11.4. The van der Waals surface area contributed by atoms with Crippen molar-refractivity contribution in [2.45, 2.75) is 4.90 Å². The number of aliphatic carboxylic acids is 1. The summed E-state index contributed by atoms with van der Waals surface area (Å²) in [7, 11) is -3.92. The summed E-state index contributed by atoms with van der Waals surface area (Å²) in [5.74, 6) is -1.29. The fourth-order valence-corrected chi connectivity index (χ4v) is 2.34. The first-order chi connectivity index (χ1) is 7.83. The third-order valence-electron chi connectivity index (χ3n) is 1.57. The van der Waals surface area contributed by atoms with Crippen molar-refractivity contribution in [3.8, 4) is 0 Å². The van der Waals surface area contributed by atoms with Crippen LogP contribution >= 0.6 is 27.5 Å². The molecule has 0 aliphatic heterocycles. The highest BCUT2D eigenvalue weighted by Gasteiger charge is 2.16. The van der Waals surface area contributed by atoms with Crippen molar-refractivity contribution < 1.29 is 23.2 Å². The Balaban J connectivity index is 2.82. The minimum Gasteiger partial charge on any atom is -0.479 e. The average Bonchev–Trinajstić information content (AvgIpc) is 2.21. The fourth-order valence-electron chi connectivity index (χ4n) is 0.861. The van der Waals surface area contributed by atoms with Gasteiger partial charge in [0, 0.05) is 4.47 Å². The van der Waals surface area contributed by atoms with Crippen LogP contribution in [0.5, 0.6) is 0 Å². The number of carboxylic acids is 1. The summed E-state index contributed by atoms with van der Waals surface area (Å²) in [4.78, 5) is 16.0. The van der Waals surface area contributed by atoms with Crippen molar-refractivity contribution in [2.75, 3.05) is 6.61 Å². The van der Waals surface area contributed by atoms with Crippen molar-refractivity contribution in [1.82, 2.24) is 4.89 Å². The summed E-state index contributed by atoms with van der Waals surface area (Å²) in [6, 6.07) is 3.92. The standard InChI is InChI=1S/C8H7BrClNO5S/c9-6-3-5(1-2-7(6)10)17(14,15)11-16-4-8(12)13/h1-3,11H,4H2,(H,12,13). The van der Waals surface area contributed by atoms with Gasteiger partial charge in [0.15, 0.2) is 6.61 Å². The van der Waals surface area contributed by atoms with Crippen LogP contribution in [0.15, 0.2) is 27.6 Å². The summed E-state index contributed by atoms with van der Waals surface area (Å²) in [5.41, 5.74) is 0. The second kappa shape index (κ2) is 5.78. The maximum absolute atomic E-state index is 11.6. The topological polar surface area (TPSA) is 92.7 Å². The number of halogens is 2. The first-order valence-electron chi connectivity index (χ1n) is 4.13. The fraction of sp³-hybridized carbons (Fsp3) is 0.125. The van der Waals surface area contributed by atoms with Gasteiger partial charge >= 0.3 is 5.97 Å². The van der Waals surface area contributed by atoms with Crippen LogP contribution in [0, 0.1) is 0 Å². The second-order valence-electron chi connectivity index (χ2n) is 2.85. The average molecular weight is 345 g/mol. The second-order valence-corrected chi connectivity index (χ2v) is 5.75. The van der Waals surface area contributed by atoms with E-state index in [2.05, 4.69) is 20.8 Å². The Kier molecular flexibility index (Phi) is 4.90. The van der Waals surface area contributed by atoms with Crippen molar-refractivity contribution in [3.05, 3.63) is 27.7 Å². The maximum Gasteiger partial charge on any atom is 0.331 e. The number of rotatable bonds is 5. The number of nitrogens with one attached hydrogen (secondary N) is 1. The first-order valence-corrected chi connectivity index (χ1v) is 6.79. The van der Waals surface area contributed by atoms with Gasteiger partial charge in [0.2, 0.25) is 0 Å². The summed E-state index contributed by atoms with van der Waals surface area (Å²) in [6.45, 7) is -0.770. The lowest BCUT2D eigenvalue weighted by molar-refractivity contribution is -0.143. The van der Waals surface area contributed by atoms with Gasteiger partial charge in [-0.05, 0) is 34.1 Å². The van der Waals surface area contributed by atoms with E-state index in [0.29, 0.717) is 9.50 Å². The zero-order valence-corrected chi connectivity index (χ0v) is 11.3. The molecular formula is C8H7BrClNO5S. The molecule has 0 aromatic heterocycles. The van der Waals surface area contributed by atoms with Crippen LogP contribution < -0.4 is 4.89 Å². The van der Waals surface area contributed by atoms with Gasteiger partial charge in [0.25, 0.3) is 10.0 Å². The molecule has 1 aromatic rings. The van der Waals surface area contributed by atoms with Crippen LogP contribution in [-0.4, -0.2) is 26.1 Å². The molecule has 94 valence electrons. The van der Waals surface area contributed by atoms with E-state index >= 15 is 0 Å². The number of sulfonamides is 1. The van der Waals surface area contributed by atoms with Crippen LogP contribution in [-0.2, 0) is 19.7 Å². The van der Waals surface area contributed by atoms with Gasteiger partial charge in [-0.2, -0.15) is 0 Å². The van der Waals surface area contributed by atoms with E-state index < -0.39 is 22.6 Å². The zero-order chi connectivity index (χ0) is 13.1. The van der Waals surface area contributed by atoms with Crippen LogP contribution in [0.4, 0.5) is 0 Å². The Morgan fingerprint density at radius 3 is 2.71 bits per heavy atom. The molecule has 0 heterocycles.